The summed E-state index contributed by atoms with van der Waals surface area (Å²) in [6.45, 7) is -0.0389. The Hall–Kier alpha value is -4.27. The molecular formula is C32H28N2O6. The van der Waals surface area contributed by atoms with Crippen molar-refractivity contribution in [2.24, 2.45) is 11.8 Å². The molecule has 2 saturated heterocycles. The number of rotatable bonds is 4. The van der Waals surface area contributed by atoms with Crippen molar-refractivity contribution in [3.63, 3.8) is 0 Å². The van der Waals surface area contributed by atoms with Crippen LogP contribution in [0.1, 0.15) is 11.6 Å². The van der Waals surface area contributed by atoms with Crippen molar-refractivity contribution < 1.29 is 29.0 Å². The van der Waals surface area contributed by atoms with E-state index < -0.39 is 54.1 Å². The number of carbonyl (C=O) groups excluding carboxylic acids is 3. The third-order valence-electron chi connectivity index (χ3n) is 8.59. The minimum absolute atomic E-state index is 0.101. The van der Waals surface area contributed by atoms with Crippen LogP contribution in [0.2, 0.25) is 0 Å². The molecule has 202 valence electrons. The van der Waals surface area contributed by atoms with Crippen molar-refractivity contribution in [3.8, 4) is 0 Å². The molecule has 0 saturated carbocycles. The van der Waals surface area contributed by atoms with Gasteiger partial charge in [-0.3, -0.25) is 14.4 Å². The van der Waals surface area contributed by atoms with Crippen molar-refractivity contribution >= 4 is 34.2 Å². The number of hydrogen-bond donors (Lipinski definition) is 1. The number of anilines is 1. The highest BCUT2D eigenvalue weighted by molar-refractivity contribution is 6.06. The summed E-state index contributed by atoms with van der Waals surface area (Å²) < 4.78 is 12.0. The Balaban J connectivity index is 1.39. The molecule has 1 unspecified atom stereocenters. The van der Waals surface area contributed by atoms with Crippen LogP contribution in [0.25, 0.3) is 10.8 Å². The summed E-state index contributed by atoms with van der Waals surface area (Å²) in [5, 5.41) is 12.6. The summed E-state index contributed by atoms with van der Waals surface area (Å²) in [5.41, 5.74) is -0.0301. The second-order valence-electron chi connectivity index (χ2n) is 10.6. The number of cyclic esters (lactones) is 1. The Morgan fingerprint density at radius 2 is 1.70 bits per heavy atom. The van der Waals surface area contributed by atoms with Crippen LogP contribution in [0.5, 0.6) is 0 Å². The van der Waals surface area contributed by atoms with Crippen molar-refractivity contribution in [1.82, 2.24) is 4.90 Å². The number of fused-ring (bicyclic) bond motifs is 3. The van der Waals surface area contributed by atoms with Gasteiger partial charge in [0.25, 0.3) is 5.91 Å². The molecule has 6 atom stereocenters. The number of benzene rings is 3. The van der Waals surface area contributed by atoms with Crippen LogP contribution < -0.4 is 4.90 Å². The Morgan fingerprint density at radius 1 is 0.925 bits per heavy atom. The molecule has 3 aromatic carbocycles. The largest absolute Gasteiger partial charge is 0.461 e. The van der Waals surface area contributed by atoms with Crippen LogP contribution >= 0.6 is 0 Å². The maximum atomic E-state index is 14.7. The van der Waals surface area contributed by atoms with Crippen molar-refractivity contribution in [1.29, 1.82) is 0 Å². The summed E-state index contributed by atoms with van der Waals surface area (Å²) in [5.74, 6) is -3.15. The molecule has 7 rings (SSSR count). The first-order valence-corrected chi connectivity index (χ1v) is 13.5. The first-order chi connectivity index (χ1) is 19.5. The number of aliphatic hydroxyl groups is 1. The summed E-state index contributed by atoms with van der Waals surface area (Å²) >= 11 is 0. The van der Waals surface area contributed by atoms with Crippen LogP contribution in [0.15, 0.2) is 97.1 Å². The highest BCUT2D eigenvalue weighted by Gasteiger charge is 2.72. The first-order valence-electron chi connectivity index (χ1n) is 13.5. The SMILES string of the molecule is O=C1OCC=C[C@@H]2O[C@]34C=CCN(c5ccc6ccccc6c5)C(=O)C3N([C@H](CO)c3ccccc3)C(=O)[C@@H]4[C@H]12. The predicted octanol–water partition coefficient (Wildman–Crippen LogP) is 3.17. The fraction of sp³-hybridized carbons (Fsp3) is 0.281. The Bertz CT molecular complexity index is 1570. The zero-order valence-electron chi connectivity index (χ0n) is 21.6. The summed E-state index contributed by atoms with van der Waals surface area (Å²) in [7, 11) is 0. The fourth-order valence-corrected chi connectivity index (χ4v) is 6.85. The van der Waals surface area contributed by atoms with E-state index in [1.54, 1.807) is 23.1 Å². The lowest BCUT2D eigenvalue weighted by Crippen LogP contribution is -2.56. The number of carbonyl (C=O) groups is 3. The van der Waals surface area contributed by atoms with E-state index in [0.717, 1.165) is 10.8 Å². The van der Waals surface area contributed by atoms with Gasteiger partial charge < -0.3 is 24.4 Å². The highest BCUT2D eigenvalue weighted by atomic mass is 16.6. The minimum atomic E-state index is -1.40. The van der Waals surface area contributed by atoms with E-state index in [4.69, 9.17) is 9.47 Å². The lowest BCUT2D eigenvalue weighted by molar-refractivity contribution is -0.153. The maximum Gasteiger partial charge on any atom is 0.313 e. The molecule has 4 aliphatic rings. The monoisotopic (exact) mass is 536 g/mol. The Labute approximate surface area is 231 Å². The van der Waals surface area contributed by atoms with Crippen LogP contribution in [-0.2, 0) is 23.9 Å². The maximum absolute atomic E-state index is 14.7. The number of ether oxygens (including phenoxy) is 2. The van der Waals surface area contributed by atoms with Crippen LogP contribution in [0, 0.1) is 11.8 Å². The van der Waals surface area contributed by atoms with E-state index >= 15 is 0 Å². The fourth-order valence-electron chi connectivity index (χ4n) is 6.85. The van der Waals surface area contributed by atoms with Gasteiger partial charge in [0.2, 0.25) is 5.91 Å². The van der Waals surface area contributed by atoms with E-state index in [1.165, 1.54) is 4.90 Å². The lowest BCUT2D eigenvalue weighted by Gasteiger charge is -2.38. The number of likely N-dealkylation sites (tertiary alicyclic amines) is 1. The quantitative estimate of drug-likeness (QED) is 0.407. The third-order valence-corrected chi connectivity index (χ3v) is 8.59. The second-order valence-corrected chi connectivity index (χ2v) is 10.6. The third kappa shape index (κ3) is 3.56. The predicted molar refractivity (Wildman–Crippen MR) is 147 cm³/mol. The van der Waals surface area contributed by atoms with Gasteiger partial charge in [0.1, 0.15) is 24.2 Å². The summed E-state index contributed by atoms with van der Waals surface area (Å²) in [4.78, 5) is 45.3. The Kier molecular flexibility index (Phi) is 5.83. The van der Waals surface area contributed by atoms with E-state index in [9.17, 15) is 19.5 Å². The lowest BCUT2D eigenvalue weighted by atomic mass is 9.78. The molecule has 4 aliphatic heterocycles. The zero-order chi connectivity index (χ0) is 27.4. The van der Waals surface area contributed by atoms with Gasteiger partial charge in [0, 0.05) is 12.2 Å². The zero-order valence-corrected chi connectivity index (χ0v) is 21.6. The standard InChI is InChI=1S/C32H28N2O6/c35-19-24(21-9-2-1-3-10-21)34-28-30(37)33(23-14-13-20-8-4-5-11-22(20)18-23)16-7-15-32(28)27(29(34)36)26-25(40-32)12-6-17-39-31(26)38/h1-15,18,24-28,35H,16-17,19H2/t24-,25+,26-,27+,28?,32+/m1/s1. The van der Waals surface area contributed by atoms with E-state index in [0.29, 0.717) is 11.3 Å². The summed E-state index contributed by atoms with van der Waals surface area (Å²) in [6.07, 6.45) is 6.38. The second kappa shape index (κ2) is 9.43. The number of hydrogen-bond acceptors (Lipinski definition) is 6. The van der Waals surface area contributed by atoms with Crippen LogP contribution in [-0.4, -0.2) is 65.3 Å². The molecule has 2 fully saturated rings. The van der Waals surface area contributed by atoms with E-state index in [1.807, 2.05) is 78.9 Å². The topological polar surface area (TPSA) is 96.4 Å². The molecule has 1 spiro atoms. The molecule has 40 heavy (non-hydrogen) atoms. The molecule has 8 nitrogen and oxygen atoms in total. The van der Waals surface area contributed by atoms with Crippen LogP contribution in [0.4, 0.5) is 5.69 Å². The van der Waals surface area contributed by atoms with E-state index in [2.05, 4.69) is 0 Å². The molecular weight excluding hydrogens is 508 g/mol. The van der Waals surface area contributed by atoms with Gasteiger partial charge >= 0.3 is 5.97 Å². The molecule has 0 bridgehead atoms. The molecule has 4 heterocycles. The minimum Gasteiger partial charge on any atom is -0.461 e. The first kappa shape index (κ1) is 24.7. The summed E-state index contributed by atoms with van der Waals surface area (Å²) in [6, 6.07) is 20.9. The number of nitrogens with zero attached hydrogens (tertiary/aromatic N) is 2. The molecule has 0 aliphatic carbocycles. The Morgan fingerprint density at radius 3 is 2.50 bits per heavy atom. The van der Waals surface area contributed by atoms with Gasteiger partial charge in [-0.25, -0.2) is 0 Å². The van der Waals surface area contributed by atoms with Gasteiger partial charge in [-0.1, -0.05) is 78.9 Å². The van der Waals surface area contributed by atoms with Crippen molar-refractivity contribution in [2.45, 2.75) is 23.8 Å². The molecule has 8 heteroatoms. The number of amides is 2. The van der Waals surface area contributed by atoms with Gasteiger partial charge in [0.05, 0.1) is 24.7 Å². The smallest absolute Gasteiger partial charge is 0.313 e. The molecule has 0 radical (unpaired) electrons. The molecule has 1 N–H and O–H groups in total. The van der Waals surface area contributed by atoms with Crippen molar-refractivity contribution in [3.05, 3.63) is 103 Å². The van der Waals surface area contributed by atoms with Gasteiger partial charge in [-0.2, -0.15) is 0 Å². The van der Waals surface area contributed by atoms with Gasteiger partial charge in [0.15, 0.2) is 0 Å². The highest BCUT2D eigenvalue weighted by Crippen LogP contribution is 2.55. The normalized spacial score (nSPS) is 30.0. The van der Waals surface area contributed by atoms with Gasteiger partial charge in [-0.15, -0.1) is 0 Å². The average Bonchev–Trinajstić information content (AvgIpc) is 3.28. The molecule has 3 aromatic rings. The van der Waals surface area contributed by atoms with Gasteiger partial charge in [-0.05, 0) is 34.5 Å². The van der Waals surface area contributed by atoms with Crippen LogP contribution in [0.3, 0.4) is 0 Å². The van der Waals surface area contributed by atoms with E-state index in [-0.39, 0.29) is 19.1 Å². The number of aliphatic hydroxyl groups excluding tert-OH is 1. The number of esters is 1. The van der Waals surface area contributed by atoms with Crippen molar-refractivity contribution in [2.75, 3.05) is 24.7 Å². The average molecular weight is 537 g/mol. The molecule has 0 aromatic heterocycles. The molecule has 2 amide bonds.